The van der Waals surface area contributed by atoms with Gasteiger partial charge in [-0.15, -0.1) is 0 Å². The molecule has 0 radical (unpaired) electrons. The van der Waals surface area contributed by atoms with Gasteiger partial charge >= 0.3 is 0 Å². The molecule has 10 heteroatoms. The average molecular weight is 460 g/mol. The Bertz CT molecular complexity index is 1170. The van der Waals surface area contributed by atoms with Crippen molar-refractivity contribution in [3.63, 3.8) is 0 Å². The fourth-order valence-electron chi connectivity index (χ4n) is 2.89. The maximum atomic E-state index is 12.7. The van der Waals surface area contributed by atoms with Gasteiger partial charge < -0.3 is 10.2 Å². The van der Waals surface area contributed by atoms with Gasteiger partial charge in [0.1, 0.15) is 11.6 Å². The minimum absolute atomic E-state index is 0.0607. The lowest BCUT2D eigenvalue weighted by molar-refractivity contribution is 0.102. The maximum absolute atomic E-state index is 12.7. The molecule has 0 spiro atoms. The van der Waals surface area contributed by atoms with Gasteiger partial charge in [0, 0.05) is 23.7 Å². The van der Waals surface area contributed by atoms with Gasteiger partial charge in [0.05, 0.1) is 16.2 Å². The normalized spacial score (nSPS) is 11.6. The van der Waals surface area contributed by atoms with Crippen LogP contribution in [0.15, 0.2) is 53.6 Å². The van der Waals surface area contributed by atoms with Crippen molar-refractivity contribution >= 4 is 51.0 Å². The summed E-state index contributed by atoms with van der Waals surface area (Å²) < 4.78 is 27.9. The third kappa shape index (κ3) is 6.16. The molecule has 2 aromatic heterocycles. The molecule has 2 N–H and O–H groups in total. The van der Waals surface area contributed by atoms with E-state index in [2.05, 4.69) is 37.5 Å². The third-order valence-electron chi connectivity index (χ3n) is 4.53. The summed E-state index contributed by atoms with van der Waals surface area (Å²) >= 11 is 3.93. The Morgan fingerprint density at radius 3 is 2.55 bits per heavy atom. The van der Waals surface area contributed by atoms with Crippen LogP contribution < -0.4 is 10.0 Å². The van der Waals surface area contributed by atoms with E-state index in [1.165, 1.54) is 24.4 Å². The Balaban J connectivity index is 1.72. The summed E-state index contributed by atoms with van der Waals surface area (Å²) in [5.74, 6) is 0.760. The first-order valence-electron chi connectivity index (χ1n) is 9.71. The lowest BCUT2D eigenvalue weighted by Crippen LogP contribution is -2.16. The number of carbonyl (C=O) groups excluding carboxylic acids is 1. The van der Waals surface area contributed by atoms with E-state index in [1.807, 2.05) is 26.2 Å². The summed E-state index contributed by atoms with van der Waals surface area (Å²) in [7, 11) is 0.225. The zero-order valence-electron chi connectivity index (χ0n) is 17.4. The molecule has 31 heavy (non-hydrogen) atoms. The van der Waals surface area contributed by atoms with Crippen molar-refractivity contribution in [2.24, 2.45) is 0 Å². The monoisotopic (exact) mass is 459 g/mol. The van der Waals surface area contributed by atoms with E-state index < -0.39 is 10.0 Å². The van der Waals surface area contributed by atoms with E-state index in [1.54, 1.807) is 12.1 Å². The van der Waals surface area contributed by atoms with Crippen molar-refractivity contribution < 1.29 is 13.2 Å². The molecule has 2 heterocycles. The molecule has 0 saturated carbocycles. The van der Waals surface area contributed by atoms with E-state index in [0.717, 1.165) is 25.3 Å². The van der Waals surface area contributed by atoms with Crippen molar-refractivity contribution in [1.82, 2.24) is 14.9 Å². The molecule has 0 aliphatic heterocycles. The molecular formula is C21H25N5O3S2. The van der Waals surface area contributed by atoms with Crippen molar-refractivity contribution in [2.45, 2.75) is 11.3 Å². The molecule has 0 saturated heterocycles. The number of nitrogens with zero attached hydrogens (tertiary/aromatic N) is 3. The van der Waals surface area contributed by atoms with Crippen LogP contribution in [0.25, 0.3) is 10.9 Å². The standard InChI is InChI=1S/C21H25N5O3S2/c1-26(2)11-3-10-22-20-8-4-15-12-17(6-7-18(15)24-20)31(28,29)25-21-9-5-16(13-23-21)19(27)14-30/h4-9,12-13,30H,3,10-11,14H2,1-2H3,(H,22,24)(H,23,25). The van der Waals surface area contributed by atoms with Crippen LogP contribution in [0, 0.1) is 0 Å². The number of Topliss-reactive ketones (excluding diaryl/α,β-unsaturated/α-hetero) is 1. The highest BCUT2D eigenvalue weighted by Crippen LogP contribution is 2.21. The number of sulfonamides is 1. The van der Waals surface area contributed by atoms with Crippen LogP contribution >= 0.6 is 12.6 Å². The van der Waals surface area contributed by atoms with Gasteiger partial charge in [0.2, 0.25) is 0 Å². The molecule has 0 fully saturated rings. The Morgan fingerprint density at radius 1 is 1.10 bits per heavy atom. The van der Waals surface area contributed by atoms with Crippen LogP contribution in [0.3, 0.4) is 0 Å². The Hall–Kier alpha value is -2.69. The second-order valence-corrected chi connectivity index (χ2v) is 9.25. The largest absolute Gasteiger partial charge is 0.370 e. The van der Waals surface area contributed by atoms with Crippen LogP contribution in [0.2, 0.25) is 0 Å². The van der Waals surface area contributed by atoms with Crippen LogP contribution in [0.5, 0.6) is 0 Å². The highest BCUT2D eigenvalue weighted by atomic mass is 32.2. The fourth-order valence-corrected chi connectivity index (χ4v) is 4.11. The second kappa shape index (κ2) is 10.1. The van der Waals surface area contributed by atoms with Crippen LogP contribution in [0.4, 0.5) is 11.6 Å². The van der Waals surface area contributed by atoms with Crippen molar-refractivity contribution in [2.75, 3.05) is 43.0 Å². The van der Waals surface area contributed by atoms with Gasteiger partial charge in [0.25, 0.3) is 10.0 Å². The summed E-state index contributed by atoms with van der Waals surface area (Å²) in [6.45, 7) is 1.79. The lowest BCUT2D eigenvalue weighted by atomic mass is 10.2. The maximum Gasteiger partial charge on any atom is 0.263 e. The Labute approximate surface area is 187 Å². The van der Waals surface area contributed by atoms with Gasteiger partial charge in [-0.3, -0.25) is 9.52 Å². The number of thiol groups is 1. The Morgan fingerprint density at radius 2 is 1.87 bits per heavy atom. The highest BCUT2D eigenvalue weighted by molar-refractivity contribution is 7.92. The molecule has 1 aromatic carbocycles. The van der Waals surface area contributed by atoms with E-state index in [9.17, 15) is 13.2 Å². The van der Waals surface area contributed by atoms with Crippen molar-refractivity contribution in [1.29, 1.82) is 0 Å². The predicted molar refractivity (Wildman–Crippen MR) is 127 cm³/mol. The van der Waals surface area contributed by atoms with Gasteiger partial charge in [-0.05, 0) is 69.5 Å². The molecule has 0 aliphatic rings. The molecule has 3 rings (SSSR count). The molecule has 3 aromatic rings. The second-order valence-electron chi connectivity index (χ2n) is 7.25. The number of pyridine rings is 2. The SMILES string of the molecule is CN(C)CCCNc1ccc2cc(S(=O)(=O)Nc3ccc(C(=O)CS)cn3)ccc2n1. The number of benzene rings is 1. The lowest BCUT2D eigenvalue weighted by Gasteiger charge is -2.11. The van der Waals surface area contributed by atoms with E-state index in [0.29, 0.717) is 16.5 Å². The minimum atomic E-state index is -3.84. The number of anilines is 2. The molecule has 164 valence electrons. The molecule has 8 nitrogen and oxygen atoms in total. The number of hydrogen-bond acceptors (Lipinski definition) is 8. The number of fused-ring (bicyclic) bond motifs is 1. The van der Waals surface area contributed by atoms with Crippen molar-refractivity contribution in [3.05, 3.63) is 54.2 Å². The number of rotatable bonds is 10. The molecule has 0 bridgehead atoms. The fraction of sp³-hybridized carbons (Fsp3) is 0.286. The number of carbonyl (C=O) groups is 1. The van der Waals surface area contributed by atoms with Gasteiger partial charge in [-0.1, -0.05) is 0 Å². The summed E-state index contributed by atoms with van der Waals surface area (Å²) in [6.07, 6.45) is 2.32. The topological polar surface area (TPSA) is 104 Å². The van der Waals surface area contributed by atoms with Crippen LogP contribution in [-0.2, 0) is 10.0 Å². The third-order valence-corrected chi connectivity index (χ3v) is 6.17. The number of aromatic nitrogens is 2. The summed E-state index contributed by atoms with van der Waals surface area (Å²) in [4.78, 5) is 22.4. The first-order valence-corrected chi connectivity index (χ1v) is 11.8. The Kier molecular flexibility index (Phi) is 7.47. The van der Waals surface area contributed by atoms with Crippen LogP contribution in [-0.4, -0.2) is 62.0 Å². The van der Waals surface area contributed by atoms with E-state index in [4.69, 9.17) is 0 Å². The average Bonchev–Trinajstić information content (AvgIpc) is 2.76. The smallest absolute Gasteiger partial charge is 0.263 e. The molecule has 0 unspecified atom stereocenters. The van der Waals surface area contributed by atoms with Gasteiger partial charge in [-0.2, -0.15) is 12.6 Å². The zero-order valence-corrected chi connectivity index (χ0v) is 19.1. The number of nitrogens with one attached hydrogen (secondary N) is 2. The first-order chi connectivity index (χ1) is 14.8. The molecule has 0 atom stereocenters. The first kappa shape index (κ1) is 23.0. The molecule has 0 aliphatic carbocycles. The predicted octanol–water partition coefficient (Wildman–Crippen LogP) is 2.91. The minimum Gasteiger partial charge on any atom is -0.370 e. The van der Waals surface area contributed by atoms with Crippen molar-refractivity contribution in [3.8, 4) is 0 Å². The summed E-state index contributed by atoms with van der Waals surface area (Å²) in [5.41, 5.74) is 1.07. The zero-order chi connectivity index (χ0) is 22.4. The molecular weight excluding hydrogens is 434 g/mol. The van der Waals surface area contributed by atoms with E-state index in [-0.39, 0.29) is 22.2 Å². The number of ketones is 1. The quantitative estimate of drug-likeness (QED) is 0.243. The van der Waals surface area contributed by atoms with Gasteiger partial charge in [-0.25, -0.2) is 18.4 Å². The summed E-state index contributed by atoms with van der Waals surface area (Å²) in [5, 5.41) is 3.99. The van der Waals surface area contributed by atoms with Gasteiger partial charge in [0.15, 0.2) is 5.78 Å². The van der Waals surface area contributed by atoms with E-state index >= 15 is 0 Å². The molecule has 0 amide bonds. The van der Waals surface area contributed by atoms with Crippen LogP contribution in [0.1, 0.15) is 16.8 Å². The highest BCUT2D eigenvalue weighted by Gasteiger charge is 2.16. The summed E-state index contributed by atoms with van der Waals surface area (Å²) in [6, 6.07) is 11.4. The number of hydrogen-bond donors (Lipinski definition) is 3.